The summed E-state index contributed by atoms with van der Waals surface area (Å²) in [4.78, 5) is 13.3. The van der Waals surface area contributed by atoms with Crippen molar-refractivity contribution < 1.29 is 4.79 Å². The van der Waals surface area contributed by atoms with Gasteiger partial charge < -0.3 is 11.5 Å². The molecule has 0 heterocycles. The molecule has 88 valence electrons. The van der Waals surface area contributed by atoms with E-state index in [0.717, 1.165) is 6.54 Å². The summed E-state index contributed by atoms with van der Waals surface area (Å²) in [5.74, 6) is -0.243. The fourth-order valence-electron chi connectivity index (χ4n) is 1.98. The van der Waals surface area contributed by atoms with Crippen molar-refractivity contribution in [2.45, 2.75) is 51.1 Å². The van der Waals surface area contributed by atoms with Crippen LogP contribution in [0.4, 0.5) is 0 Å². The first-order chi connectivity index (χ1) is 7.19. The first-order valence-electron chi connectivity index (χ1n) is 5.93. The van der Waals surface area contributed by atoms with Crippen LogP contribution >= 0.6 is 0 Å². The van der Waals surface area contributed by atoms with Gasteiger partial charge in [-0.15, -0.1) is 0 Å². The fraction of sp³-hybridized carbons (Fsp3) is 0.909. The summed E-state index contributed by atoms with van der Waals surface area (Å²) in [6, 6.07) is 0.811. The summed E-state index contributed by atoms with van der Waals surface area (Å²) in [6.07, 6.45) is 5.25. The lowest BCUT2D eigenvalue weighted by molar-refractivity contribution is -0.119. The molecule has 0 spiro atoms. The van der Waals surface area contributed by atoms with Crippen LogP contribution < -0.4 is 11.5 Å². The summed E-state index contributed by atoms with van der Waals surface area (Å²) >= 11 is 0. The van der Waals surface area contributed by atoms with Crippen molar-refractivity contribution in [3.05, 3.63) is 0 Å². The quantitative estimate of drug-likeness (QED) is 0.615. The zero-order valence-corrected chi connectivity index (χ0v) is 9.61. The molecule has 1 saturated carbocycles. The van der Waals surface area contributed by atoms with Crippen LogP contribution in [0.5, 0.6) is 0 Å². The summed E-state index contributed by atoms with van der Waals surface area (Å²) in [5.41, 5.74) is 10.9. The molecule has 0 aromatic rings. The molecule has 1 atom stereocenters. The van der Waals surface area contributed by atoms with E-state index < -0.39 is 0 Å². The number of rotatable bonds is 8. The second-order valence-corrected chi connectivity index (χ2v) is 4.38. The van der Waals surface area contributed by atoms with Crippen LogP contribution in [0.15, 0.2) is 0 Å². The van der Waals surface area contributed by atoms with Gasteiger partial charge in [-0.1, -0.05) is 13.3 Å². The van der Waals surface area contributed by atoms with E-state index in [4.69, 9.17) is 11.5 Å². The van der Waals surface area contributed by atoms with Gasteiger partial charge in [-0.2, -0.15) is 0 Å². The second-order valence-electron chi connectivity index (χ2n) is 4.38. The van der Waals surface area contributed by atoms with E-state index in [0.29, 0.717) is 19.0 Å². The molecular weight excluding hydrogens is 190 g/mol. The topological polar surface area (TPSA) is 72.3 Å². The number of primary amides is 1. The molecule has 1 unspecified atom stereocenters. The molecule has 0 bridgehead atoms. The van der Waals surface area contributed by atoms with Gasteiger partial charge in [-0.25, -0.2) is 0 Å². The standard InChI is InChI=1S/C11H23N3O/c1-2-3-6-14(9-4-5-9)10(8-12)7-11(13)15/h9-10H,2-8,12H2,1H3,(H2,13,15). The zero-order chi connectivity index (χ0) is 11.3. The van der Waals surface area contributed by atoms with Crippen LogP contribution in [0, 0.1) is 0 Å². The largest absolute Gasteiger partial charge is 0.370 e. The van der Waals surface area contributed by atoms with E-state index in [1.54, 1.807) is 0 Å². The van der Waals surface area contributed by atoms with Gasteiger partial charge >= 0.3 is 0 Å². The average molecular weight is 213 g/mol. The molecule has 1 fully saturated rings. The Kier molecular flexibility index (Phi) is 5.05. The maximum absolute atomic E-state index is 10.9. The first-order valence-corrected chi connectivity index (χ1v) is 5.93. The Bertz CT molecular complexity index is 204. The van der Waals surface area contributed by atoms with Crippen molar-refractivity contribution in [1.82, 2.24) is 4.90 Å². The third-order valence-corrected chi connectivity index (χ3v) is 2.96. The Morgan fingerprint density at radius 3 is 2.60 bits per heavy atom. The number of unbranched alkanes of at least 4 members (excludes halogenated alkanes) is 1. The second kappa shape index (κ2) is 6.08. The molecule has 0 saturated heterocycles. The average Bonchev–Trinajstić information content (AvgIpc) is 3.00. The molecular formula is C11H23N3O. The summed E-state index contributed by atoms with van der Waals surface area (Å²) < 4.78 is 0. The van der Waals surface area contributed by atoms with Crippen molar-refractivity contribution in [2.24, 2.45) is 11.5 Å². The number of carbonyl (C=O) groups excluding carboxylic acids is 1. The predicted molar refractivity (Wildman–Crippen MR) is 61.3 cm³/mol. The maximum atomic E-state index is 10.9. The monoisotopic (exact) mass is 213 g/mol. The number of hydrogen-bond acceptors (Lipinski definition) is 3. The molecule has 0 radical (unpaired) electrons. The minimum atomic E-state index is -0.243. The van der Waals surface area contributed by atoms with E-state index in [1.165, 1.54) is 25.7 Å². The van der Waals surface area contributed by atoms with Crippen molar-refractivity contribution in [2.75, 3.05) is 13.1 Å². The van der Waals surface area contributed by atoms with Crippen molar-refractivity contribution in [3.8, 4) is 0 Å². The Hall–Kier alpha value is -0.610. The first kappa shape index (κ1) is 12.5. The molecule has 4 N–H and O–H groups in total. The third kappa shape index (κ3) is 4.18. The SMILES string of the molecule is CCCCN(C1CC1)C(CN)CC(N)=O. The summed E-state index contributed by atoms with van der Waals surface area (Å²) in [6.45, 7) is 3.76. The van der Waals surface area contributed by atoms with Gasteiger partial charge in [0.2, 0.25) is 5.91 Å². The highest BCUT2D eigenvalue weighted by atomic mass is 16.1. The van der Waals surface area contributed by atoms with Gasteiger partial charge in [0.05, 0.1) is 0 Å². The lowest BCUT2D eigenvalue weighted by Crippen LogP contribution is -2.44. The van der Waals surface area contributed by atoms with Crippen LogP contribution in [0.1, 0.15) is 39.0 Å². The smallest absolute Gasteiger partial charge is 0.219 e. The Morgan fingerprint density at radius 1 is 1.53 bits per heavy atom. The van der Waals surface area contributed by atoms with E-state index in [1.807, 2.05) is 0 Å². The Morgan fingerprint density at radius 2 is 2.20 bits per heavy atom. The number of amides is 1. The Balaban J connectivity index is 2.46. The maximum Gasteiger partial charge on any atom is 0.219 e. The molecule has 4 nitrogen and oxygen atoms in total. The normalized spacial score (nSPS) is 18.1. The van der Waals surface area contributed by atoms with Gasteiger partial charge in [0.15, 0.2) is 0 Å². The molecule has 1 aliphatic carbocycles. The summed E-state index contributed by atoms with van der Waals surface area (Å²) in [7, 11) is 0. The highest BCUT2D eigenvalue weighted by Gasteiger charge is 2.33. The van der Waals surface area contributed by atoms with Crippen LogP contribution in [-0.2, 0) is 4.79 Å². The van der Waals surface area contributed by atoms with E-state index in [2.05, 4.69) is 11.8 Å². The van der Waals surface area contributed by atoms with E-state index in [9.17, 15) is 4.79 Å². The molecule has 1 aliphatic rings. The van der Waals surface area contributed by atoms with Crippen molar-refractivity contribution >= 4 is 5.91 Å². The number of hydrogen-bond donors (Lipinski definition) is 2. The van der Waals surface area contributed by atoms with Gasteiger partial charge in [0.1, 0.15) is 0 Å². The van der Waals surface area contributed by atoms with Crippen LogP contribution in [0.25, 0.3) is 0 Å². The number of carbonyl (C=O) groups is 1. The lowest BCUT2D eigenvalue weighted by Gasteiger charge is -2.30. The molecule has 0 aromatic heterocycles. The van der Waals surface area contributed by atoms with E-state index in [-0.39, 0.29) is 11.9 Å². The predicted octanol–water partition coefficient (Wildman–Crippen LogP) is 0.454. The van der Waals surface area contributed by atoms with Crippen molar-refractivity contribution in [1.29, 1.82) is 0 Å². The molecule has 0 aliphatic heterocycles. The van der Waals surface area contributed by atoms with Crippen molar-refractivity contribution in [3.63, 3.8) is 0 Å². The fourth-order valence-corrected chi connectivity index (χ4v) is 1.98. The molecule has 1 amide bonds. The number of nitrogens with zero attached hydrogens (tertiary/aromatic N) is 1. The van der Waals surface area contributed by atoms with Crippen LogP contribution in [-0.4, -0.2) is 36.0 Å². The van der Waals surface area contributed by atoms with Gasteiger partial charge in [0.25, 0.3) is 0 Å². The van der Waals surface area contributed by atoms with Gasteiger partial charge in [-0.05, 0) is 25.8 Å². The summed E-state index contributed by atoms with van der Waals surface area (Å²) in [5, 5.41) is 0. The Labute approximate surface area is 92.0 Å². The van der Waals surface area contributed by atoms with Crippen LogP contribution in [0.2, 0.25) is 0 Å². The number of nitrogens with two attached hydrogens (primary N) is 2. The molecule has 15 heavy (non-hydrogen) atoms. The van der Waals surface area contributed by atoms with Crippen LogP contribution in [0.3, 0.4) is 0 Å². The lowest BCUT2D eigenvalue weighted by atomic mass is 10.1. The minimum absolute atomic E-state index is 0.154. The molecule has 0 aromatic carbocycles. The molecule has 4 heteroatoms. The highest BCUT2D eigenvalue weighted by molar-refractivity contribution is 5.74. The molecule has 1 rings (SSSR count). The van der Waals surface area contributed by atoms with Gasteiger partial charge in [-0.3, -0.25) is 9.69 Å². The highest BCUT2D eigenvalue weighted by Crippen LogP contribution is 2.29. The van der Waals surface area contributed by atoms with E-state index >= 15 is 0 Å². The zero-order valence-electron chi connectivity index (χ0n) is 9.61. The van der Waals surface area contributed by atoms with Gasteiger partial charge in [0, 0.05) is 25.0 Å². The third-order valence-electron chi connectivity index (χ3n) is 2.96. The minimum Gasteiger partial charge on any atom is -0.370 e.